The zero-order chi connectivity index (χ0) is 16.0. The van der Waals surface area contributed by atoms with Crippen molar-refractivity contribution >= 4 is 5.97 Å². The molecule has 0 aliphatic carbocycles. The van der Waals surface area contributed by atoms with Gasteiger partial charge in [0, 0.05) is 31.3 Å². The summed E-state index contributed by atoms with van der Waals surface area (Å²) in [6.07, 6.45) is -3.45. The van der Waals surface area contributed by atoms with E-state index in [2.05, 4.69) is 16.4 Å². The Morgan fingerprint density at radius 1 is 1.43 bits per heavy atom. The van der Waals surface area contributed by atoms with Gasteiger partial charge in [0.05, 0.1) is 12.0 Å². The zero-order valence-corrected chi connectivity index (χ0v) is 10.6. The Balaban J connectivity index is 0.000000270. The van der Waals surface area contributed by atoms with Crippen molar-refractivity contribution in [3.05, 3.63) is 34.2 Å². The number of rotatable bonds is 1. The van der Waals surface area contributed by atoms with Crippen LogP contribution in [0.25, 0.3) is 0 Å². The van der Waals surface area contributed by atoms with E-state index in [0.717, 1.165) is 12.1 Å². The molecule has 0 spiro atoms. The van der Waals surface area contributed by atoms with Gasteiger partial charge in [-0.25, -0.2) is 4.79 Å². The average Bonchev–Trinajstić information content (AvgIpc) is 2.86. The van der Waals surface area contributed by atoms with Crippen LogP contribution >= 0.6 is 0 Å². The summed E-state index contributed by atoms with van der Waals surface area (Å²) in [7, 11) is 0. The summed E-state index contributed by atoms with van der Waals surface area (Å²) < 4.78 is 31.7. The second-order valence-electron chi connectivity index (χ2n) is 4.29. The fourth-order valence-electron chi connectivity index (χ4n) is 1.86. The molecule has 2 atom stereocenters. The molecule has 3 N–H and O–H groups in total. The smallest absolute Gasteiger partial charge is 0.475 e. The average molecular weight is 303 g/mol. The summed E-state index contributed by atoms with van der Waals surface area (Å²) in [5.74, 6) is -2.62. The molecule has 1 aromatic heterocycles. The van der Waals surface area contributed by atoms with Crippen molar-refractivity contribution in [1.29, 1.82) is 5.26 Å². The molecular weight excluding hydrogens is 291 g/mol. The Hall–Kier alpha value is -2.34. The van der Waals surface area contributed by atoms with Gasteiger partial charge in [-0.2, -0.15) is 18.4 Å². The lowest BCUT2D eigenvalue weighted by molar-refractivity contribution is -0.192. The highest BCUT2D eigenvalue weighted by molar-refractivity contribution is 5.73. The van der Waals surface area contributed by atoms with Gasteiger partial charge in [-0.05, 0) is 11.6 Å². The molecule has 2 heterocycles. The van der Waals surface area contributed by atoms with E-state index < -0.39 is 12.1 Å². The lowest BCUT2D eigenvalue weighted by Gasteiger charge is -2.11. The first-order valence-corrected chi connectivity index (χ1v) is 5.84. The predicted octanol–water partition coefficient (Wildman–Crippen LogP) is 0.835. The van der Waals surface area contributed by atoms with Crippen molar-refractivity contribution in [3.8, 4) is 6.07 Å². The van der Waals surface area contributed by atoms with Gasteiger partial charge in [-0.1, -0.05) is 0 Å². The molecule has 2 unspecified atom stereocenters. The van der Waals surface area contributed by atoms with E-state index in [1.54, 1.807) is 12.3 Å². The van der Waals surface area contributed by atoms with Crippen LogP contribution in [-0.2, 0) is 4.79 Å². The number of nitrogens with zero attached hydrogens (tertiary/aromatic N) is 1. The molecule has 2 rings (SSSR count). The van der Waals surface area contributed by atoms with Crippen LogP contribution in [0, 0.1) is 17.2 Å². The normalized spacial score (nSPS) is 21.0. The molecule has 1 aliphatic heterocycles. The molecule has 9 heteroatoms. The van der Waals surface area contributed by atoms with E-state index in [-0.39, 0.29) is 17.4 Å². The molecule has 1 saturated heterocycles. The number of hydrogen-bond acceptors (Lipinski definition) is 4. The Bertz CT molecular complexity index is 592. The third-order valence-corrected chi connectivity index (χ3v) is 2.85. The molecule has 1 aliphatic rings. The van der Waals surface area contributed by atoms with E-state index in [4.69, 9.17) is 15.2 Å². The molecule has 0 aromatic carbocycles. The summed E-state index contributed by atoms with van der Waals surface area (Å²) in [4.78, 5) is 22.5. The van der Waals surface area contributed by atoms with Crippen LogP contribution in [0.2, 0.25) is 0 Å². The van der Waals surface area contributed by atoms with Crippen molar-refractivity contribution in [1.82, 2.24) is 10.3 Å². The summed E-state index contributed by atoms with van der Waals surface area (Å²) >= 11 is 0. The van der Waals surface area contributed by atoms with Gasteiger partial charge < -0.3 is 15.4 Å². The van der Waals surface area contributed by atoms with Crippen LogP contribution in [0.1, 0.15) is 11.5 Å². The van der Waals surface area contributed by atoms with Crippen molar-refractivity contribution in [2.75, 3.05) is 13.1 Å². The van der Waals surface area contributed by atoms with Gasteiger partial charge in [-0.15, -0.1) is 0 Å². The largest absolute Gasteiger partial charge is 0.490 e. The molecule has 0 saturated carbocycles. The monoisotopic (exact) mass is 303 g/mol. The molecule has 0 bridgehead atoms. The minimum atomic E-state index is -5.08. The zero-order valence-electron chi connectivity index (χ0n) is 10.6. The van der Waals surface area contributed by atoms with Crippen LogP contribution in [0.15, 0.2) is 23.1 Å². The highest BCUT2D eigenvalue weighted by Crippen LogP contribution is 2.26. The van der Waals surface area contributed by atoms with E-state index in [1.165, 1.54) is 0 Å². The molecule has 114 valence electrons. The van der Waals surface area contributed by atoms with Crippen molar-refractivity contribution in [2.45, 2.75) is 12.1 Å². The maximum absolute atomic E-state index is 11.1. The number of hydrogen-bond donors (Lipinski definition) is 3. The second kappa shape index (κ2) is 6.90. The number of aromatic amines is 1. The number of pyridine rings is 1. The minimum Gasteiger partial charge on any atom is -0.475 e. The van der Waals surface area contributed by atoms with Gasteiger partial charge in [0.1, 0.15) is 0 Å². The maximum Gasteiger partial charge on any atom is 0.490 e. The summed E-state index contributed by atoms with van der Waals surface area (Å²) in [6.45, 7) is 1.50. The SMILES string of the molecule is N#CC1CNCC1c1cc[nH]c(=O)c1.O=C(O)C(F)(F)F. The molecule has 1 aromatic rings. The first kappa shape index (κ1) is 16.7. The number of carboxylic acids is 1. The third-order valence-electron chi connectivity index (χ3n) is 2.85. The standard InChI is InChI=1S/C10H11N3O.C2HF3O2/c11-4-8-5-12-6-9(8)7-1-2-13-10(14)3-7;3-2(4,5)1(6)7/h1-3,8-9,12H,5-6H2,(H,13,14);(H,6,7). The Morgan fingerprint density at radius 3 is 2.52 bits per heavy atom. The fourth-order valence-corrected chi connectivity index (χ4v) is 1.86. The van der Waals surface area contributed by atoms with Crippen LogP contribution in [0.4, 0.5) is 13.2 Å². The lowest BCUT2D eigenvalue weighted by Crippen LogP contribution is -2.21. The van der Waals surface area contributed by atoms with Crippen molar-refractivity contribution in [3.63, 3.8) is 0 Å². The van der Waals surface area contributed by atoms with Crippen LogP contribution < -0.4 is 10.9 Å². The quantitative estimate of drug-likeness (QED) is 0.712. The molecular formula is C12H12F3N3O3. The summed E-state index contributed by atoms with van der Waals surface area (Å²) in [5.41, 5.74) is 0.844. The number of carboxylic acid groups (broad SMARTS) is 1. The molecule has 21 heavy (non-hydrogen) atoms. The van der Waals surface area contributed by atoms with Crippen LogP contribution in [0.5, 0.6) is 0 Å². The minimum absolute atomic E-state index is 0.0169. The summed E-state index contributed by atoms with van der Waals surface area (Å²) in [6, 6.07) is 5.69. The Labute approximate surface area is 117 Å². The number of halogens is 3. The molecule has 0 amide bonds. The maximum atomic E-state index is 11.1. The van der Waals surface area contributed by atoms with Gasteiger partial charge in [-0.3, -0.25) is 4.79 Å². The molecule has 6 nitrogen and oxygen atoms in total. The summed E-state index contributed by atoms with van der Waals surface area (Å²) in [5, 5.41) is 19.2. The topological polar surface area (TPSA) is 106 Å². The first-order valence-electron chi connectivity index (χ1n) is 5.84. The molecule has 0 radical (unpaired) electrons. The Kier molecular flexibility index (Phi) is 5.49. The number of aromatic nitrogens is 1. The van der Waals surface area contributed by atoms with Gasteiger partial charge in [0.15, 0.2) is 0 Å². The fraction of sp³-hybridized carbons (Fsp3) is 0.417. The van der Waals surface area contributed by atoms with Crippen LogP contribution in [-0.4, -0.2) is 35.3 Å². The lowest BCUT2D eigenvalue weighted by atomic mass is 9.91. The number of nitriles is 1. The van der Waals surface area contributed by atoms with Gasteiger partial charge in [0.25, 0.3) is 0 Å². The predicted molar refractivity (Wildman–Crippen MR) is 65.5 cm³/mol. The number of H-pyrrole nitrogens is 1. The van der Waals surface area contributed by atoms with Crippen molar-refractivity contribution < 1.29 is 23.1 Å². The second-order valence-corrected chi connectivity index (χ2v) is 4.29. The molecule has 1 fully saturated rings. The Morgan fingerprint density at radius 2 is 2.05 bits per heavy atom. The number of alkyl halides is 3. The van der Waals surface area contributed by atoms with E-state index in [9.17, 15) is 18.0 Å². The van der Waals surface area contributed by atoms with E-state index in [1.807, 2.05) is 6.07 Å². The third kappa shape index (κ3) is 4.92. The highest BCUT2D eigenvalue weighted by Gasteiger charge is 2.38. The highest BCUT2D eigenvalue weighted by atomic mass is 19.4. The van der Waals surface area contributed by atoms with Gasteiger partial charge >= 0.3 is 12.1 Å². The number of carbonyl (C=O) groups is 1. The van der Waals surface area contributed by atoms with E-state index in [0.29, 0.717) is 6.54 Å². The number of nitrogens with one attached hydrogen (secondary N) is 2. The van der Waals surface area contributed by atoms with E-state index >= 15 is 0 Å². The number of aliphatic carboxylic acids is 1. The first-order chi connectivity index (χ1) is 9.75. The van der Waals surface area contributed by atoms with Crippen molar-refractivity contribution in [2.24, 2.45) is 5.92 Å². The van der Waals surface area contributed by atoms with Crippen LogP contribution in [0.3, 0.4) is 0 Å². The van der Waals surface area contributed by atoms with Gasteiger partial charge in [0.2, 0.25) is 5.56 Å².